The van der Waals surface area contributed by atoms with Crippen LogP contribution in [0.3, 0.4) is 0 Å². The fraction of sp³-hybridized carbons (Fsp3) is 0.294. The molecule has 2 nitrogen and oxygen atoms in total. The van der Waals surface area contributed by atoms with Crippen LogP contribution in [0.4, 0.5) is 4.39 Å². The molecule has 3 heteroatoms. The number of hydrogen-bond donors (Lipinski definition) is 1. The van der Waals surface area contributed by atoms with Crippen LogP contribution < -0.4 is 4.74 Å². The van der Waals surface area contributed by atoms with Gasteiger partial charge < -0.3 is 9.84 Å². The minimum Gasteiger partial charge on any atom is -0.494 e. The summed E-state index contributed by atoms with van der Waals surface area (Å²) in [5.74, 6) is -0.172. The van der Waals surface area contributed by atoms with Gasteiger partial charge in [-0.25, -0.2) is 4.39 Å². The van der Waals surface area contributed by atoms with E-state index in [-0.39, 0.29) is 5.75 Å². The van der Waals surface area contributed by atoms with E-state index < -0.39 is 11.9 Å². The van der Waals surface area contributed by atoms with Crippen molar-refractivity contribution in [2.24, 2.45) is 0 Å². The molecule has 0 aliphatic carbocycles. The summed E-state index contributed by atoms with van der Waals surface area (Å²) in [5.41, 5.74) is 3.04. The lowest BCUT2D eigenvalue weighted by molar-refractivity contribution is 0.175. The Balaban J connectivity index is 1.99. The van der Waals surface area contributed by atoms with E-state index in [1.54, 1.807) is 12.1 Å². The first-order valence-electron chi connectivity index (χ1n) is 6.64. The van der Waals surface area contributed by atoms with Gasteiger partial charge in [-0.1, -0.05) is 35.9 Å². The SMILES string of the molecule is COc1ccc(CC(O)Cc2ccc(C)cc2)cc1F. The van der Waals surface area contributed by atoms with Crippen molar-refractivity contribution < 1.29 is 14.2 Å². The van der Waals surface area contributed by atoms with Crippen LogP contribution in [0.25, 0.3) is 0 Å². The lowest BCUT2D eigenvalue weighted by Gasteiger charge is -2.12. The van der Waals surface area contributed by atoms with Crippen LogP contribution in [0.15, 0.2) is 42.5 Å². The van der Waals surface area contributed by atoms with E-state index in [1.807, 2.05) is 31.2 Å². The number of aliphatic hydroxyl groups excluding tert-OH is 1. The van der Waals surface area contributed by atoms with Crippen molar-refractivity contribution in [3.8, 4) is 5.75 Å². The van der Waals surface area contributed by atoms with Crippen molar-refractivity contribution >= 4 is 0 Å². The first kappa shape index (κ1) is 14.5. The van der Waals surface area contributed by atoms with Gasteiger partial charge in [0.25, 0.3) is 0 Å². The third-order valence-corrected chi connectivity index (χ3v) is 3.28. The third kappa shape index (κ3) is 3.81. The minimum atomic E-state index is -0.523. The molecule has 2 rings (SSSR count). The molecule has 0 radical (unpaired) electrons. The number of methoxy groups -OCH3 is 1. The molecule has 0 heterocycles. The molecule has 2 aromatic carbocycles. The second-order valence-electron chi connectivity index (χ2n) is 5.02. The molecule has 1 N–H and O–H groups in total. The highest BCUT2D eigenvalue weighted by molar-refractivity contribution is 5.30. The van der Waals surface area contributed by atoms with Crippen LogP contribution in [0, 0.1) is 12.7 Å². The Morgan fingerprint density at radius 1 is 1.05 bits per heavy atom. The van der Waals surface area contributed by atoms with E-state index in [0.29, 0.717) is 12.8 Å². The summed E-state index contributed by atoms with van der Waals surface area (Å²) in [4.78, 5) is 0. The second kappa shape index (κ2) is 6.53. The summed E-state index contributed by atoms with van der Waals surface area (Å²) < 4.78 is 18.4. The maximum Gasteiger partial charge on any atom is 0.165 e. The van der Waals surface area contributed by atoms with Crippen LogP contribution in [0.2, 0.25) is 0 Å². The van der Waals surface area contributed by atoms with E-state index >= 15 is 0 Å². The first-order chi connectivity index (χ1) is 9.58. The molecule has 106 valence electrons. The molecule has 0 saturated heterocycles. The van der Waals surface area contributed by atoms with Crippen molar-refractivity contribution in [1.82, 2.24) is 0 Å². The minimum absolute atomic E-state index is 0.224. The number of hydrogen-bond acceptors (Lipinski definition) is 2. The number of aliphatic hydroxyl groups is 1. The number of halogens is 1. The van der Waals surface area contributed by atoms with E-state index in [1.165, 1.54) is 18.7 Å². The highest BCUT2D eigenvalue weighted by atomic mass is 19.1. The molecule has 0 amide bonds. The van der Waals surface area contributed by atoms with Gasteiger partial charge in [0.1, 0.15) is 0 Å². The van der Waals surface area contributed by atoms with Gasteiger partial charge in [0, 0.05) is 0 Å². The summed E-state index contributed by atoms with van der Waals surface area (Å²) >= 11 is 0. The van der Waals surface area contributed by atoms with Crippen LogP contribution in [-0.2, 0) is 12.8 Å². The zero-order chi connectivity index (χ0) is 14.5. The molecule has 1 atom stereocenters. The molecule has 0 fully saturated rings. The summed E-state index contributed by atoms with van der Waals surface area (Å²) in [6.07, 6.45) is 0.466. The molecule has 1 unspecified atom stereocenters. The summed E-state index contributed by atoms with van der Waals surface area (Å²) in [7, 11) is 1.43. The van der Waals surface area contributed by atoms with Gasteiger partial charge in [-0.3, -0.25) is 0 Å². The molecule has 2 aromatic rings. The Morgan fingerprint density at radius 2 is 1.65 bits per heavy atom. The second-order valence-corrected chi connectivity index (χ2v) is 5.02. The van der Waals surface area contributed by atoms with Crippen LogP contribution in [-0.4, -0.2) is 18.3 Å². The normalized spacial score (nSPS) is 12.2. The van der Waals surface area contributed by atoms with E-state index in [9.17, 15) is 9.50 Å². The van der Waals surface area contributed by atoms with Gasteiger partial charge in [0.2, 0.25) is 0 Å². The summed E-state index contributed by atoms with van der Waals surface area (Å²) in [6.45, 7) is 2.03. The molecular weight excluding hydrogens is 255 g/mol. The number of rotatable bonds is 5. The number of benzene rings is 2. The largest absolute Gasteiger partial charge is 0.494 e. The maximum atomic E-state index is 13.6. The lowest BCUT2D eigenvalue weighted by atomic mass is 10.0. The van der Waals surface area contributed by atoms with Crippen molar-refractivity contribution in [3.63, 3.8) is 0 Å². The van der Waals surface area contributed by atoms with Gasteiger partial charge in [-0.05, 0) is 43.0 Å². The Morgan fingerprint density at radius 3 is 2.25 bits per heavy atom. The average Bonchev–Trinajstić information content (AvgIpc) is 2.41. The Bertz CT molecular complexity index is 564. The molecule has 0 spiro atoms. The highest BCUT2D eigenvalue weighted by Gasteiger charge is 2.09. The molecule has 0 aliphatic heterocycles. The fourth-order valence-electron chi connectivity index (χ4n) is 2.18. The zero-order valence-electron chi connectivity index (χ0n) is 11.8. The standard InChI is InChI=1S/C17H19FO2/c1-12-3-5-13(6-4-12)9-15(19)10-14-7-8-17(20-2)16(18)11-14/h3-8,11,15,19H,9-10H2,1-2H3. The van der Waals surface area contributed by atoms with Gasteiger partial charge in [0.05, 0.1) is 13.2 Å². The van der Waals surface area contributed by atoms with E-state index in [0.717, 1.165) is 11.1 Å². The van der Waals surface area contributed by atoms with E-state index in [4.69, 9.17) is 4.74 Å². The molecule has 0 saturated carbocycles. The van der Waals surface area contributed by atoms with Crippen LogP contribution >= 0.6 is 0 Å². The highest BCUT2D eigenvalue weighted by Crippen LogP contribution is 2.19. The predicted molar refractivity (Wildman–Crippen MR) is 77.5 cm³/mol. The lowest BCUT2D eigenvalue weighted by Crippen LogP contribution is -2.14. The maximum absolute atomic E-state index is 13.6. The Labute approximate surface area is 118 Å². The molecule has 0 bridgehead atoms. The van der Waals surface area contributed by atoms with E-state index in [2.05, 4.69) is 0 Å². The van der Waals surface area contributed by atoms with Crippen molar-refractivity contribution in [2.45, 2.75) is 25.9 Å². The quantitative estimate of drug-likeness (QED) is 0.906. The summed E-state index contributed by atoms with van der Waals surface area (Å²) in [6, 6.07) is 12.8. The Kier molecular flexibility index (Phi) is 4.74. The third-order valence-electron chi connectivity index (χ3n) is 3.28. The van der Waals surface area contributed by atoms with Crippen LogP contribution in [0.5, 0.6) is 5.75 Å². The molecule has 20 heavy (non-hydrogen) atoms. The number of aryl methyl sites for hydroxylation is 1. The van der Waals surface area contributed by atoms with Crippen molar-refractivity contribution in [1.29, 1.82) is 0 Å². The van der Waals surface area contributed by atoms with Gasteiger partial charge in [-0.15, -0.1) is 0 Å². The molecule has 0 aliphatic rings. The monoisotopic (exact) mass is 274 g/mol. The zero-order valence-corrected chi connectivity index (χ0v) is 11.8. The smallest absolute Gasteiger partial charge is 0.165 e. The molecule has 0 aromatic heterocycles. The van der Waals surface area contributed by atoms with Gasteiger partial charge in [-0.2, -0.15) is 0 Å². The van der Waals surface area contributed by atoms with Gasteiger partial charge in [0.15, 0.2) is 11.6 Å². The number of ether oxygens (including phenoxy) is 1. The van der Waals surface area contributed by atoms with Crippen molar-refractivity contribution in [2.75, 3.05) is 7.11 Å². The Hall–Kier alpha value is -1.87. The average molecular weight is 274 g/mol. The van der Waals surface area contributed by atoms with Gasteiger partial charge >= 0.3 is 0 Å². The topological polar surface area (TPSA) is 29.5 Å². The first-order valence-corrected chi connectivity index (χ1v) is 6.64. The molecular formula is C17H19FO2. The summed E-state index contributed by atoms with van der Waals surface area (Å²) in [5, 5.41) is 10.1. The predicted octanol–water partition coefficient (Wildman–Crippen LogP) is 3.29. The van der Waals surface area contributed by atoms with Crippen molar-refractivity contribution in [3.05, 3.63) is 65.0 Å². The van der Waals surface area contributed by atoms with Crippen LogP contribution in [0.1, 0.15) is 16.7 Å². The fourth-order valence-corrected chi connectivity index (χ4v) is 2.18.